The normalized spacial score (nSPS) is 11.7. The van der Waals surface area contributed by atoms with E-state index in [4.69, 9.17) is 4.74 Å². The van der Waals surface area contributed by atoms with Crippen LogP contribution >= 0.6 is 0 Å². The van der Waals surface area contributed by atoms with E-state index in [2.05, 4.69) is 5.32 Å². The van der Waals surface area contributed by atoms with Gasteiger partial charge in [-0.05, 0) is 30.5 Å². The zero-order valence-corrected chi connectivity index (χ0v) is 12.7. The first-order valence-electron chi connectivity index (χ1n) is 7.31. The molecular weight excluding hydrogens is 278 g/mol. The monoisotopic (exact) mass is 299 g/mol. The van der Waals surface area contributed by atoms with E-state index in [1.54, 1.807) is 0 Å². The second-order valence-electron chi connectivity index (χ2n) is 5.19. The van der Waals surface area contributed by atoms with Gasteiger partial charge in [0.15, 0.2) is 6.61 Å². The summed E-state index contributed by atoms with van der Waals surface area (Å²) in [5.74, 6) is 0.458. The van der Waals surface area contributed by atoms with Crippen molar-refractivity contribution in [3.05, 3.63) is 65.7 Å². The molecule has 0 heterocycles. The van der Waals surface area contributed by atoms with Crippen LogP contribution in [0.3, 0.4) is 0 Å². The predicted octanol–water partition coefficient (Wildman–Crippen LogP) is 2.09. The number of hydrogen-bond donors (Lipinski definition) is 2. The molecule has 0 bridgehead atoms. The summed E-state index contributed by atoms with van der Waals surface area (Å²) in [4.78, 5) is 11.9. The van der Waals surface area contributed by atoms with E-state index in [1.807, 2.05) is 61.5 Å². The van der Waals surface area contributed by atoms with Crippen molar-refractivity contribution < 1.29 is 14.6 Å². The standard InChI is InChI=1S/C18H21NO3/c1-14-7-5-6-10-17(14)22-13-18(21)19-16(12-20)11-15-8-3-2-4-9-15/h2-10,16,20H,11-13H2,1H3,(H,19,21). The van der Waals surface area contributed by atoms with Crippen molar-refractivity contribution in [2.45, 2.75) is 19.4 Å². The number of rotatable bonds is 7. The Morgan fingerprint density at radius 2 is 1.82 bits per heavy atom. The number of amides is 1. The highest BCUT2D eigenvalue weighted by molar-refractivity contribution is 5.77. The summed E-state index contributed by atoms with van der Waals surface area (Å²) in [6.45, 7) is 1.76. The zero-order valence-electron chi connectivity index (χ0n) is 12.7. The molecule has 0 aliphatic heterocycles. The second-order valence-corrected chi connectivity index (χ2v) is 5.19. The molecule has 2 aromatic rings. The molecule has 0 saturated heterocycles. The fraction of sp³-hybridized carbons (Fsp3) is 0.278. The van der Waals surface area contributed by atoms with E-state index >= 15 is 0 Å². The Balaban J connectivity index is 1.83. The van der Waals surface area contributed by atoms with E-state index in [1.165, 1.54) is 0 Å². The second kappa shape index (κ2) is 8.20. The van der Waals surface area contributed by atoms with Gasteiger partial charge in [0.2, 0.25) is 0 Å². The van der Waals surface area contributed by atoms with Crippen LogP contribution in [0.4, 0.5) is 0 Å². The van der Waals surface area contributed by atoms with Gasteiger partial charge in [-0.25, -0.2) is 0 Å². The number of nitrogens with one attached hydrogen (secondary N) is 1. The smallest absolute Gasteiger partial charge is 0.258 e. The molecule has 0 aliphatic carbocycles. The minimum atomic E-state index is -0.310. The first-order valence-corrected chi connectivity index (χ1v) is 7.31. The maximum Gasteiger partial charge on any atom is 0.258 e. The maximum absolute atomic E-state index is 11.9. The fourth-order valence-corrected chi connectivity index (χ4v) is 2.19. The molecule has 0 aromatic heterocycles. The number of hydrogen-bond acceptors (Lipinski definition) is 3. The molecule has 0 fully saturated rings. The number of ether oxygens (including phenoxy) is 1. The van der Waals surface area contributed by atoms with Gasteiger partial charge < -0.3 is 15.2 Å². The summed E-state index contributed by atoms with van der Waals surface area (Å²) in [7, 11) is 0. The van der Waals surface area contributed by atoms with Gasteiger partial charge in [0, 0.05) is 0 Å². The first-order chi connectivity index (χ1) is 10.7. The third kappa shape index (κ3) is 4.90. The Labute approximate surface area is 130 Å². The molecule has 2 aromatic carbocycles. The Bertz CT molecular complexity index is 598. The molecule has 1 unspecified atom stereocenters. The van der Waals surface area contributed by atoms with Crippen molar-refractivity contribution in [2.75, 3.05) is 13.2 Å². The van der Waals surface area contributed by atoms with Crippen LogP contribution in [0.15, 0.2) is 54.6 Å². The van der Waals surface area contributed by atoms with E-state index in [0.717, 1.165) is 11.1 Å². The van der Waals surface area contributed by atoms with Gasteiger partial charge in [-0.15, -0.1) is 0 Å². The summed E-state index contributed by atoms with van der Waals surface area (Å²) in [5.41, 5.74) is 2.06. The molecule has 1 atom stereocenters. The van der Waals surface area contributed by atoms with Gasteiger partial charge in [-0.1, -0.05) is 48.5 Å². The van der Waals surface area contributed by atoms with Crippen molar-refractivity contribution in [1.82, 2.24) is 5.32 Å². The molecule has 4 heteroatoms. The van der Waals surface area contributed by atoms with Crippen LogP contribution in [-0.2, 0) is 11.2 Å². The lowest BCUT2D eigenvalue weighted by Crippen LogP contribution is -2.41. The zero-order chi connectivity index (χ0) is 15.8. The SMILES string of the molecule is Cc1ccccc1OCC(=O)NC(CO)Cc1ccccc1. The van der Waals surface area contributed by atoms with Gasteiger partial charge in [0.05, 0.1) is 12.6 Å². The maximum atomic E-state index is 11.9. The lowest BCUT2D eigenvalue weighted by atomic mass is 10.1. The van der Waals surface area contributed by atoms with Gasteiger partial charge in [0.1, 0.15) is 5.75 Å². The third-order valence-electron chi connectivity index (χ3n) is 3.36. The molecule has 2 rings (SSSR count). The average molecular weight is 299 g/mol. The lowest BCUT2D eigenvalue weighted by Gasteiger charge is -2.17. The summed E-state index contributed by atoms with van der Waals surface area (Å²) in [6, 6.07) is 17.0. The molecule has 116 valence electrons. The van der Waals surface area contributed by atoms with Crippen LogP contribution in [0.2, 0.25) is 0 Å². The molecule has 0 aliphatic rings. The number of aliphatic hydroxyl groups is 1. The number of para-hydroxylation sites is 1. The number of aliphatic hydroxyl groups excluding tert-OH is 1. The molecule has 22 heavy (non-hydrogen) atoms. The summed E-state index contributed by atoms with van der Waals surface area (Å²) >= 11 is 0. The summed E-state index contributed by atoms with van der Waals surface area (Å²) < 4.78 is 5.50. The van der Waals surface area contributed by atoms with Gasteiger partial charge in [-0.2, -0.15) is 0 Å². The molecule has 1 amide bonds. The number of benzene rings is 2. The van der Waals surface area contributed by atoms with Crippen molar-refractivity contribution in [2.24, 2.45) is 0 Å². The Hall–Kier alpha value is -2.33. The van der Waals surface area contributed by atoms with Crippen LogP contribution in [0, 0.1) is 6.92 Å². The highest BCUT2D eigenvalue weighted by Crippen LogP contribution is 2.15. The number of carbonyl (C=O) groups excluding carboxylic acids is 1. The number of carbonyl (C=O) groups is 1. The van der Waals surface area contributed by atoms with Crippen LogP contribution in [0.25, 0.3) is 0 Å². The molecule has 0 saturated carbocycles. The first kappa shape index (κ1) is 16.0. The van der Waals surface area contributed by atoms with Gasteiger partial charge >= 0.3 is 0 Å². The van der Waals surface area contributed by atoms with E-state index < -0.39 is 0 Å². The minimum Gasteiger partial charge on any atom is -0.484 e. The van der Waals surface area contributed by atoms with Crippen molar-refractivity contribution >= 4 is 5.91 Å². The van der Waals surface area contributed by atoms with Crippen LogP contribution in [0.1, 0.15) is 11.1 Å². The van der Waals surface area contributed by atoms with Gasteiger partial charge in [-0.3, -0.25) is 4.79 Å². The largest absolute Gasteiger partial charge is 0.484 e. The Morgan fingerprint density at radius 3 is 2.50 bits per heavy atom. The lowest BCUT2D eigenvalue weighted by molar-refractivity contribution is -0.124. The Morgan fingerprint density at radius 1 is 1.14 bits per heavy atom. The predicted molar refractivity (Wildman–Crippen MR) is 85.8 cm³/mol. The summed E-state index contributed by atoms with van der Waals surface area (Å²) in [6.07, 6.45) is 0.591. The molecule has 0 spiro atoms. The number of aryl methyl sites for hydroxylation is 1. The quantitative estimate of drug-likeness (QED) is 0.823. The van der Waals surface area contributed by atoms with Crippen molar-refractivity contribution in [3.63, 3.8) is 0 Å². The van der Waals surface area contributed by atoms with Crippen LogP contribution < -0.4 is 10.1 Å². The highest BCUT2D eigenvalue weighted by Gasteiger charge is 2.12. The van der Waals surface area contributed by atoms with E-state index in [0.29, 0.717) is 12.2 Å². The fourth-order valence-electron chi connectivity index (χ4n) is 2.19. The molecule has 2 N–H and O–H groups in total. The van der Waals surface area contributed by atoms with Crippen molar-refractivity contribution in [3.8, 4) is 5.75 Å². The van der Waals surface area contributed by atoms with E-state index in [-0.39, 0.29) is 25.2 Å². The van der Waals surface area contributed by atoms with Gasteiger partial charge in [0.25, 0.3) is 5.91 Å². The molecule has 4 nitrogen and oxygen atoms in total. The van der Waals surface area contributed by atoms with Crippen LogP contribution in [0.5, 0.6) is 5.75 Å². The molecule has 0 radical (unpaired) electrons. The minimum absolute atomic E-state index is 0.0594. The highest BCUT2D eigenvalue weighted by atomic mass is 16.5. The molecular formula is C18H21NO3. The van der Waals surface area contributed by atoms with Crippen LogP contribution in [-0.4, -0.2) is 30.3 Å². The van der Waals surface area contributed by atoms with Crippen molar-refractivity contribution in [1.29, 1.82) is 0 Å². The Kier molecular flexibility index (Phi) is 5.98. The average Bonchev–Trinajstić information content (AvgIpc) is 2.54. The third-order valence-corrected chi connectivity index (χ3v) is 3.36. The summed E-state index contributed by atoms with van der Waals surface area (Å²) in [5, 5.41) is 12.2. The topological polar surface area (TPSA) is 58.6 Å². The van der Waals surface area contributed by atoms with E-state index in [9.17, 15) is 9.90 Å².